The standard InChI is InChI=1S/C24H22F3NO2/c1-15-4-6-18(7-5-15)14-30-28-17(3)21-13-23(29)16(2)12-22(21)19-8-10-20(11-9-19)24(25,26)27/h4-13,29H,14H2,1-3H3/b28-17+. The summed E-state index contributed by atoms with van der Waals surface area (Å²) in [4.78, 5) is 5.46. The second kappa shape index (κ2) is 8.61. The summed E-state index contributed by atoms with van der Waals surface area (Å²) in [7, 11) is 0. The summed E-state index contributed by atoms with van der Waals surface area (Å²) >= 11 is 0. The van der Waals surface area contributed by atoms with Crippen molar-refractivity contribution in [2.24, 2.45) is 5.16 Å². The molecular weight excluding hydrogens is 391 g/mol. The minimum atomic E-state index is -4.40. The van der Waals surface area contributed by atoms with Crippen LogP contribution in [0.25, 0.3) is 11.1 Å². The summed E-state index contributed by atoms with van der Waals surface area (Å²) in [5.41, 5.74) is 4.36. The molecule has 6 heteroatoms. The van der Waals surface area contributed by atoms with Crippen molar-refractivity contribution in [2.45, 2.75) is 33.6 Å². The number of aromatic hydroxyl groups is 1. The molecule has 30 heavy (non-hydrogen) atoms. The third-order valence-electron chi connectivity index (χ3n) is 4.80. The Morgan fingerprint density at radius 2 is 1.60 bits per heavy atom. The summed E-state index contributed by atoms with van der Waals surface area (Å²) < 4.78 is 38.6. The maximum atomic E-state index is 12.9. The fourth-order valence-electron chi connectivity index (χ4n) is 3.01. The number of hydrogen-bond donors (Lipinski definition) is 1. The van der Waals surface area contributed by atoms with Crippen molar-refractivity contribution in [3.8, 4) is 16.9 Å². The Bertz CT molecular complexity index is 1050. The number of halogens is 3. The van der Waals surface area contributed by atoms with E-state index in [9.17, 15) is 18.3 Å². The zero-order valence-electron chi connectivity index (χ0n) is 16.9. The van der Waals surface area contributed by atoms with Crippen LogP contribution in [0.3, 0.4) is 0 Å². The van der Waals surface area contributed by atoms with E-state index in [0.29, 0.717) is 28.0 Å². The summed E-state index contributed by atoms with van der Waals surface area (Å²) in [6.45, 7) is 5.74. The predicted molar refractivity (Wildman–Crippen MR) is 111 cm³/mol. The molecule has 0 fully saturated rings. The van der Waals surface area contributed by atoms with Crippen molar-refractivity contribution in [2.75, 3.05) is 0 Å². The highest BCUT2D eigenvalue weighted by Gasteiger charge is 2.30. The molecular formula is C24H22F3NO2. The van der Waals surface area contributed by atoms with Crippen LogP contribution in [0.2, 0.25) is 0 Å². The Morgan fingerprint density at radius 1 is 0.967 bits per heavy atom. The number of aryl methyl sites for hydroxylation is 2. The molecule has 0 aliphatic rings. The van der Waals surface area contributed by atoms with E-state index in [0.717, 1.165) is 23.3 Å². The second-order valence-electron chi connectivity index (χ2n) is 7.20. The molecule has 0 atom stereocenters. The van der Waals surface area contributed by atoms with Crippen LogP contribution in [-0.2, 0) is 17.6 Å². The second-order valence-corrected chi connectivity index (χ2v) is 7.20. The Morgan fingerprint density at radius 3 is 2.20 bits per heavy atom. The molecule has 0 saturated heterocycles. The molecule has 0 amide bonds. The van der Waals surface area contributed by atoms with E-state index in [1.165, 1.54) is 12.1 Å². The van der Waals surface area contributed by atoms with E-state index < -0.39 is 11.7 Å². The van der Waals surface area contributed by atoms with Gasteiger partial charge in [0.15, 0.2) is 0 Å². The van der Waals surface area contributed by atoms with Gasteiger partial charge < -0.3 is 9.94 Å². The quantitative estimate of drug-likeness (QED) is 0.376. The molecule has 0 aliphatic carbocycles. The first kappa shape index (κ1) is 21.4. The fraction of sp³-hybridized carbons (Fsp3) is 0.208. The van der Waals surface area contributed by atoms with Crippen LogP contribution in [0.5, 0.6) is 5.75 Å². The zero-order chi connectivity index (χ0) is 21.9. The Hall–Kier alpha value is -3.28. The van der Waals surface area contributed by atoms with Crippen LogP contribution in [0.4, 0.5) is 13.2 Å². The molecule has 0 bridgehead atoms. The third-order valence-corrected chi connectivity index (χ3v) is 4.80. The number of rotatable bonds is 5. The monoisotopic (exact) mass is 413 g/mol. The highest BCUT2D eigenvalue weighted by atomic mass is 19.4. The van der Waals surface area contributed by atoms with Gasteiger partial charge >= 0.3 is 6.18 Å². The van der Waals surface area contributed by atoms with Crippen molar-refractivity contribution in [3.05, 3.63) is 88.5 Å². The van der Waals surface area contributed by atoms with E-state index in [-0.39, 0.29) is 12.4 Å². The number of nitrogens with zero attached hydrogens (tertiary/aromatic N) is 1. The Balaban J connectivity index is 1.90. The molecule has 1 N–H and O–H groups in total. The first-order valence-electron chi connectivity index (χ1n) is 9.39. The van der Waals surface area contributed by atoms with Gasteiger partial charge in [0.05, 0.1) is 11.3 Å². The van der Waals surface area contributed by atoms with Crippen molar-refractivity contribution in [1.82, 2.24) is 0 Å². The van der Waals surface area contributed by atoms with Crippen LogP contribution >= 0.6 is 0 Å². The number of phenolic OH excluding ortho intramolecular Hbond substituents is 1. The maximum Gasteiger partial charge on any atom is 0.416 e. The molecule has 156 valence electrons. The Kier molecular flexibility index (Phi) is 6.15. The lowest BCUT2D eigenvalue weighted by Gasteiger charge is -2.14. The molecule has 0 aromatic heterocycles. The molecule has 0 aliphatic heterocycles. The maximum absolute atomic E-state index is 12.9. The summed E-state index contributed by atoms with van der Waals surface area (Å²) in [5, 5.41) is 14.3. The number of oxime groups is 1. The summed E-state index contributed by atoms with van der Waals surface area (Å²) in [5.74, 6) is 0.0775. The minimum absolute atomic E-state index is 0.0775. The molecule has 0 saturated carbocycles. The summed E-state index contributed by atoms with van der Waals surface area (Å²) in [6.07, 6.45) is -4.40. The SMILES string of the molecule is C/C(=N\OCc1ccc(C)cc1)c1cc(O)c(C)cc1-c1ccc(C(F)(F)F)cc1. The van der Waals surface area contributed by atoms with Gasteiger partial charge in [-0.05, 0) is 67.3 Å². The molecule has 0 heterocycles. The van der Waals surface area contributed by atoms with E-state index in [4.69, 9.17) is 4.84 Å². The van der Waals surface area contributed by atoms with Gasteiger partial charge in [-0.15, -0.1) is 0 Å². The van der Waals surface area contributed by atoms with Gasteiger partial charge in [0.2, 0.25) is 0 Å². The van der Waals surface area contributed by atoms with Gasteiger partial charge in [-0.25, -0.2) is 0 Å². The first-order valence-corrected chi connectivity index (χ1v) is 9.39. The molecule has 3 rings (SSSR count). The smallest absolute Gasteiger partial charge is 0.416 e. The molecule has 3 aromatic carbocycles. The van der Waals surface area contributed by atoms with Gasteiger partial charge in [-0.3, -0.25) is 0 Å². The highest BCUT2D eigenvalue weighted by molar-refractivity contribution is 6.04. The van der Waals surface area contributed by atoms with Crippen molar-refractivity contribution in [3.63, 3.8) is 0 Å². The molecule has 0 spiro atoms. The zero-order valence-corrected chi connectivity index (χ0v) is 16.9. The van der Waals surface area contributed by atoms with Gasteiger partial charge in [-0.2, -0.15) is 13.2 Å². The fourth-order valence-corrected chi connectivity index (χ4v) is 3.01. The number of benzene rings is 3. The van der Waals surface area contributed by atoms with E-state index in [2.05, 4.69) is 5.16 Å². The minimum Gasteiger partial charge on any atom is -0.508 e. The topological polar surface area (TPSA) is 41.8 Å². The van der Waals surface area contributed by atoms with Crippen molar-refractivity contribution in [1.29, 1.82) is 0 Å². The average Bonchev–Trinajstić information content (AvgIpc) is 2.70. The van der Waals surface area contributed by atoms with Gasteiger partial charge in [0, 0.05) is 5.56 Å². The van der Waals surface area contributed by atoms with Gasteiger partial charge in [0.1, 0.15) is 12.4 Å². The van der Waals surface area contributed by atoms with Crippen molar-refractivity contribution < 1.29 is 23.1 Å². The third kappa shape index (κ3) is 5.00. The van der Waals surface area contributed by atoms with Crippen LogP contribution in [0.1, 0.15) is 34.7 Å². The van der Waals surface area contributed by atoms with Crippen LogP contribution in [0, 0.1) is 13.8 Å². The number of alkyl halides is 3. The average molecular weight is 413 g/mol. The molecule has 0 radical (unpaired) electrons. The lowest BCUT2D eigenvalue weighted by atomic mass is 9.94. The van der Waals surface area contributed by atoms with E-state index in [1.54, 1.807) is 26.0 Å². The normalized spacial score (nSPS) is 12.1. The number of hydrogen-bond acceptors (Lipinski definition) is 3. The first-order chi connectivity index (χ1) is 14.1. The van der Waals surface area contributed by atoms with Crippen LogP contribution in [-0.4, -0.2) is 10.8 Å². The largest absolute Gasteiger partial charge is 0.508 e. The van der Waals surface area contributed by atoms with Crippen LogP contribution < -0.4 is 0 Å². The highest BCUT2D eigenvalue weighted by Crippen LogP contribution is 2.34. The number of phenols is 1. The molecule has 3 aromatic rings. The Labute approximate surface area is 173 Å². The summed E-state index contributed by atoms with van der Waals surface area (Å²) in [6, 6.07) is 16.1. The lowest BCUT2D eigenvalue weighted by molar-refractivity contribution is -0.137. The van der Waals surface area contributed by atoms with Gasteiger partial charge in [0.25, 0.3) is 0 Å². The van der Waals surface area contributed by atoms with Crippen molar-refractivity contribution >= 4 is 5.71 Å². The molecule has 0 unspecified atom stereocenters. The predicted octanol–water partition coefficient (Wildman–Crippen LogP) is 6.64. The van der Waals surface area contributed by atoms with Gasteiger partial charge in [-0.1, -0.05) is 47.1 Å². The van der Waals surface area contributed by atoms with E-state index >= 15 is 0 Å². The molecule has 3 nitrogen and oxygen atoms in total. The van der Waals surface area contributed by atoms with Crippen LogP contribution in [0.15, 0.2) is 65.8 Å². The van der Waals surface area contributed by atoms with E-state index in [1.807, 2.05) is 31.2 Å². The lowest BCUT2D eigenvalue weighted by Crippen LogP contribution is -2.05.